The van der Waals surface area contributed by atoms with E-state index in [0.29, 0.717) is 5.69 Å². The molecule has 0 saturated heterocycles. The van der Waals surface area contributed by atoms with Crippen molar-refractivity contribution in [3.05, 3.63) is 23.0 Å². The van der Waals surface area contributed by atoms with Gasteiger partial charge in [0.2, 0.25) is 0 Å². The zero-order valence-corrected chi connectivity index (χ0v) is 8.43. The highest BCUT2D eigenvalue weighted by Gasteiger charge is 2.23. The van der Waals surface area contributed by atoms with Gasteiger partial charge >= 0.3 is 5.97 Å². The van der Waals surface area contributed by atoms with Gasteiger partial charge < -0.3 is 10.1 Å². The summed E-state index contributed by atoms with van der Waals surface area (Å²) < 4.78 is 0. The number of carboxylic acid groups (broad SMARTS) is 1. The highest BCUT2D eigenvalue weighted by Crippen LogP contribution is 2.26. The maximum atomic E-state index is 10.9. The van der Waals surface area contributed by atoms with Crippen LogP contribution in [0.3, 0.4) is 0 Å². The first-order valence-corrected chi connectivity index (χ1v) is 4.26. The second-order valence-electron chi connectivity index (χ2n) is 4.30. The van der Waals surface area contributed by atoms with E-state index >= 15 is 0 Å². The van der Waals surface area contributed by atoms with E-state index in [4.69, 9.17) is 5.11 Å². The standard InChI is InChI=1S/C10H15NO2/c1-6-5-7(10(2,3)4)8(11-6)9(12)13/h5,11H,1-4H3,(H,12,13). The Morgan fingerprint density at radius 1 is 1.46 bits per heavy atom. The van der Waals surface area contributed by atoms with E-state index in [0.717, 1.165) is 11.3 Å². The Hall–Kier alpha value is -1.25. The highest BCUT2D eigenvalue weighted by atomic mass is 16.4. The van der Waals surface area contributed by atoms with Gasteiger partial charge in [0.25, 0.3) is 0 Å². The smallest absolute Gasteiger partial charge is 0.352 e. The minimum Gasteiger partial charge on any atom is -0.477 e. The van der Waals surface area contributed by atoms with Crippen LogP contribution >= 0.6 is 0 Å². The number of aromatic nitrogens is 1. The first-order valence-electron chi connectivity index (χ1n) is 4.26. The lowest BCUT2D eigenvalue weighted by atomic mass is 9.87. The van der Waals surface area contributed by atoms with Crippen LogP contribution in [0.25, 0.3) is 0 Å². The minimum atomic E-state index is -0.891. The maximum Gasteiger partial charge on any atom is 0.352 e. The molecule has 0 atom stereocenters. The summed E-state index contributed by atoms with van der Waals surface area (Å²) in [4.78, 5) is 13.7. The number of hydrogen-bond acceptors (Lipinski definition) is 1. The van der Waals surface area contributed by atoms with Crippen LogP contribution in [0.1, 0.15) is 42.5 Å². The molecule has 1 aromatic rings. The normalized spacial score (nSPS) is 11.7. The van der Waals surface area contributed by atoms with E-state index in [1.54, 1.807) is 0 Å². The molecular weight excluding hydrogens is 166 g/mol. The summed E-state index contributed by atoms with van der Waals surface area (Å²) in [5.41, 5.74) is 1.93. The molecule has 1 heterocycles. The zero-order chi connectivity index (χ0) is 10.2. The molecule has 0 aliphatic heterocycles. The Bertz CT molecular complexity index is 331. The molecule has 0 fully saturated rings. The first kappa shape index (κ1) is 9.84. The zero-order valence-electron chi connectivity index (χ0n) is 8.43. The summed E-state index contributed by atoms with van der Waals surface area (Å²) in [6, 6.07) is 1.89. The quantitative estimate of drug-likeness (QED) is 0.698. The number of nitrogens with one attached hydrogen (secondary N) is 1. The third-order valence-electron chi connectivity index (χ3n) is 1.97. The molecule has 13 heavy (non-hydrogen) atoms. The van der Waals surface area contributed by atoms with Crippen molar-refractivity contribution in [2.45, 2.75) is 33.1 Å². The van der Waals surface area contributed by atoms with Gasteiger partial charge in [0.05, 0.1) is 0 Å². The molecule has 0 saturated carbocycles. The molecule has 1 rings (SSSR count). The van der Waals surface area contributed by atoms with Crippen LogP contribution in [-0.4, -0.2) is 16.1 Å². The van der Waals surface area contributed by atoms with Crippen molar-refractivity contribution in [2.75, 3.05) is 0 Å². The van der Waals surface area contributed by atoms with E-state index < -0.39 is 5.97 Å². The number of carboxylic acids is 1. The molecule has 0 radical (unpaired) electrons. The Morgan fingerprint density at radius 3 is 2.31 bits per heavy atom. The van der Waals surface area contributed by atoms with Gasteiger partial charge in [-0.05, 0) is 24.0 Å². The van der Waals surface area contributed by atoms with Gasteiger partial charge in [-0.1, -0.05) is 20.8 Å². The molecule has 1 aromatic heterocycles. The Kier molecular flexibility index (Phi) is 2.20. The van der Waals surface area contributed by atoms with Crippen LogP contribution in [0.5, 0.6) is 0 Å². The van der Waals surface area contributed by atoms with E-state index in [1.165, 1.54) is 0 Å². The molecule has 0 bridgehead atoms. The third-order valence-corrected chi connectivity index (χ3v) is 1.97. The molecule has 0 aliphatic carbocycles. The SMILES string of the molecule is Cc1cc(C(C)(C)C)c(C(=O)O)[nH]1. The van der Waals surface area contributed by atoms with Crippen LogP contribution in [0.15, 0.2) is 6.07 Å². The fourth-order valence-corrected chi connectivity index (χ4v) is 1.35. The van der Waals surface area contributed by atoms with Gasteiger partial charge in [0.1, 0.15) is 5.69 Å². The Labute approximate surface area is 77.8 Å². The number of rotatable bonds is 1. The number of aromatic amines is 1. The molecule has 3 heteroatoms. The number of hydrogen-bond donors (Lipinski definition) is 2. The molecule has 72 valence electrons. The molecule has 3 nitrogen and oxygen atoms in total. The van der Waals surface area contributed by atoms with Crippen molar-refractivity contribution >= 4 is 5.97 Å². The van der Waals surface area contributed by atoms with Crippen molar-refractivity contribution in [1.29, 1.82) is 0 Å². The summed E-state index contributed by atoms with van der Waals surface area (Å²) in [5.74, 6) is -0.891. The maximum absolute atomic E-state index is 10.9. The minimum absolute atomic E-state index is 0.127. The van der Waals surface area contributed by atoms with Gasteiger partial charge in [-0.2, -0.15) is 0 Å². The average Bonchev–Trinajstić information content (AvgIpc) is 2.29. The molecular formula is C10H15NO2. The summed E-state index contributed by atoms with van der Waals surface area (Å²) >= 11 is 0. The highest BCUT2D eigenvalue weighted by molar-refractivity contribution is 5.88. The largest absolute Gasteiger partial charge is 0.477 e. The predicted octanol–water partition coefficient (Wildman–Crippen LogP) is 2.32. The number of aromatic carboxylic acids is 1. The van der Waals surface area contributed by atoms with Gasteiger partial charge in [-0.25, -0.2) is 4.79 Å². The lowest BCUT2D eigenvalue weighted by Crippen LogP contribution is -2.15. The summed E-state index contributed by atoms with van der Waals surface area (Å²) in [5, 5.41) is 8.91. The fraction of sp³-hybridized carbons (Fsp3) is 0.500. The third kappa shape index (κ3) is 1.91. The molecule has 0 aromatic carbocycles. The van der Waals surface area contributed by atoms with Crippen molar-refractivity contribution < 1.29 is 9.90 Å². The lowest BCUT2D eigenvalue weighted by Gasteiger charge is -2.17. The van der Waals surface area contributed by atoms with Gasteiger partial charge in [0, 0.05) is 5.69 Å². The van der Waals surface area contributed by atoms with Crippen LogP contribution < -0.4 is 0 Å². The second kappa shape index (κ2) is 2.91. The average molecular weight is 181 g/mol. The Balaban J connectivity index is 3.28. The van der Waals surface area contributed by atoms with Crippen LogP contribution in [-0.2, 0) is 5.41 Å². The van der Waals surface area contributed by atoms with Crippen molar-refractivity contribution in [1.82, 2.24) is 4.98 Å². The second-order valence-corrected chi connectivity index (χ2v) is 4.30. The topological polar surface area (TPSA) is 53.1 Å². The number of carbonyl (C=O) groups is 1. The number of H-pyrrole nitrogens is 1. The van der Waals surface area contributed by atoms with Crippen LogP contribution in [0.2, 0.25) is 0 Å². The fourth-order valence-electron chi connectivity index (χ4n) is 1.35. The molecule has 0 spiro atoms. The van der Waals surface area contributed by atoms with Crippen LogP contribution in [0, 0.1) is 6.92 Å². The van der Waals surface area contributed by atoms with E-state index in [2.05, 4.69) is 4.98 Å². The van der Waals surface area contributed by atoms with Crippen molar-refractivity contribution in [2.24, 2.45) is 0 Å². The lowest BCUT2D eigenvalue weighted by molar-refractivity contribution is 0.0688. The van der Waals surface area contributed by atoms with Gasteiger partial charge in [0.15, 0.2) is 0 Å². The van der Waals surface area contributed by atoms with Crippen molar-refractivity contribution in [3.8, 4) is 0 Å². The molecule has 0 aliphatic rings. The summed E-state index contributed by atoms with van der Waals surface area (Å²) in [7, 11) is 0. The molecule has 0 unspecified atom stereocenters. The van der Waals surface area contributed by atoms with Crippen LogP contribution in [0.4, 0.5) is 0 Å². The van der Waals surface area contributed by atoms with E-state index in [-0.39, 0.29) is 5.41 Å². The van der Waals surface area contributed by atoms with Gasteiger partial charge in [-0.15, -0.1) is 0 Å². The summed E-state index contributed by atoms with van der Waals surface area (Å²) in [6.45, 7) is 7.87. The molecule has 2 N–H and O–H groups in total. The van der Waals surface area contributed by atoms with Crippen molar-refractivity contribution in [3.63, 3.8) is 0 Å². The first-order chi connectivity index (χ1) is 5.82. The van der Waals surface area contributed by atoms with Gasteiger partial charge in [-0.3, -0.25) is 0 Å². The number of aryl methyl sites for hydroxylation is 1. The monoisotopic (exact) mass is 181 g/mol. The Morgan fingerprint density at radius 2 is 2.00 bits per heavy atom. The predicted molar refractivity (Wildman–Crippen MR) is 51.2 cm³/mol. The molecule has 0 amide bonds. The summed E-state index contributed by atoms with van der Waals surface area (Å²) in [6.07, 6.45) is 0. The van der Waals surface area contributed by atoms with E-state index in [1.807, 2.05) is 33.8 Å². The van der Waals surface area contributed by atoms with E-state index in [9.17, 15) is 4.79 Å².